The van der Waals surface area contributed by atoms with Crippen molar-refractivity contribution >= 4 is 0 Å². The molecule has 0 aromatic carbocycles. The summed E-state index contributed by atoms with van der Waals surface area (Å²) < 4.78 is 0. The van der Waals surface area contributed by atoms with Gasteiger partial charge in [0, 0.05) is 12.1 Å². The Balaban J connectivity index is 1.80. The zero-order chi connectivity index (χ0) is 15.9. The van der Waals surface area contributed by atoms with Crippen LogP contribution in [-0.2, 0) is 0 Å². The van der Waals surface area contributed by atoms with E-state index < -0.39 is 0 Å². The van der Waals surface area contributed by atoms with Crippen molar-refractivity contribution in [1.29, 1.82) is 0 Å². The summed E-state index contributed by atoms with van der Waals surface area (Å²) >= 11 is 0. The van der Waals surface area contributed by atoms with Gasteiger partial charge in [0.1, 0.15) is 0 Å². The molecule has 1 aliphatic rings. The molecule has 0 radical (unpaired) electrons. The van der Waals surface area contributed by atoms with E-state index in [0.29, 0.717) is 0 Å². The molecule has 0 unspecified atom stereocenters. The highest BCUT2D eigenvalue weighted by Crippen LogP contribution is 2.17. The average Bonchev–Trinajstić information content (AvgIpc) is 2.52. The molecule has 1 heterocycles. The molecule has 1 heteroatoms. The summed E-state index contributed by atoms with van der Waals surface area (Å²) in [6.45, 7) is 4.62. The fourth-order valence-corrected chi connectivity index (χ4v) is 3.58. The van der Waals surface area contributed by atoms with E-state index in [1.54, 1.807) is 0 Å². The number of nitrogens with one attached hydrogen (secondary N) is 1. The van der Waals surface area contributed by atoms with Gasteiger partial charge >= 0.3 is 0 Å². The first-order valence-corrected chi connectivity index (χ1v) is 10.2. The van der Waals surface area contributed by atoms with Gasteiger partial charge in [0.15, 0.2) is 0 Å². The SMILES string of the molecule is CCCCCCCCCC/C=C\CCC[C@H]1CCC[C@H](C)N1. The summed E-state index contributed by atoms with van der Waals surface area (Å²) in [5, 5.41) is 3.74. The lowest BCUT2D eigenvalue weighted by molar-refractivity contribution is 0.318. The summed E-state index contributed by atoms with van der Waals surface area (Å²) in [7, 11) is 0. The van der Waals surface area contributed by atoms with E-state index in [0.717, 1.165) is 12.1 Å². The second-order valence-corrected chi connectivity index (χ2v) is 7.36. The van der Waals surface area contributed by atoms with Crippen LogP contribution in [0.25, 0.3) is 0 Å². The molecule has 0 spiro atoms. The van der Waals surface area contributed by atoms with Gasteiger partial charge in [-0.2, -0.15) is 0 Å². The predicted molar refractivity (Wildman–Crippen MR) is 100 cm³/mol. The molecular weight excluding hydrogens is 266 g/mol. The number of allylic oxidation sites excluding steroid dienone is 2. The third-order valence-electron chi connectivity index (χ3n) is 5.02. The maximum Gasteiger partial charge on any atom is 0.00696 e. The maximum absolute atomic E-state index is 3.74. The Morgan fingerprint density at radius 2 is 1.45 bits per heavy atom. The first-order valence-electron chi connectivity index (χ1n) is 10.2. The fourth-order valence-electron chi connectivity index (χ4n) is 3.58. The summed E-state index contributed by atoms with van der Waals surface area (Å²) in [6, 6.07) is 1.54. The van der Waals surface area contributed by atoms with E-state index in [1.807, 2.05) is 0 Å². The lowest BCUT2D eigenvalue weighted by atomic mass is 9.96. The Morgan fingerprint density at radius 1 is 0.818 bits per heavy atom. The van der Waals surface area contributed by atoms with Gasteiger partial charge in [0.25, 0.3) is 0 Å². The third-order valence-corrected chi connectivity index (χ3v) is 5.02. The highest BCUT2D eigenvalue weighted by Gasteiger charge is 2.16. The Hall–Kier alpha value is -0.300. The first kappa shape index (κ1) is 19.7. The zero-order valence-corrected chi connectivity index (χ0v) is 15.4. The van der Waals surface area contributed by atoms with Gasteiger partial charge in [-0.05, 0) is 51.9 Å². The van der Waals surface area contributed by atoms with Crippen molar-refractivity contribution in [1.82, 2.24) is 5.32 Å². The lowest BCUT2D eigenvalue weighted by Gasteiger charge is -2.28. The van der Waals surface area contributed by atoms with Crippen LogP contribution in [0.15, 0.2) is 12.2 Å². The number of unbranched alkanes of at least 4 members (excludes halogenated alkanes) is 9. The molecule has 0 aromatic heterocycles. The number of piperidine rings is 1. The Morgan fingerprint density at radius 3 is 2.14 bits per heavy atom. The molecular formula is C21H41N. The average molecular weight is 308 g/mol. The van der Waals surface area contributed by atoms with Crippen LogP contribution in [-0.4, -0.2) is 12.1 Å². The van der Waals surface area contributed by atoms with Crippen molar-refractivity contribution in [2.24, 2.45) is 0 Å². The molecule has 1 N–H and O–H groups in total. The van der Waals surface area contributed by atoms with E-state index in [-0.39, 0.29) is 0 Å². The zero-order valence-electron chi connectivity index (χ0n) is 15.4. The molecule has 1 rings (SSSR count). The number of hydrogen-bond acceptors (Lipinski definition) is 1. The topological polar surface area (TPSA) is 12.0 Å². The maximum atomic E-state index is 3.74. The van der Waals surface area contributed by atoms with Gasteiger partial charge in [-0.1, -0.05) is 70.4 Å². The minimum absolute atomic E-state index is 0.747. The van der Waals surface area contributed by atoms with Crippen molar-refractivity contribution in [2.75, 3.05) is 0 Å². The lowest BCUT2D eigenvalue weighted by Crippen LogP contribution is -2.40. The molecule has 0 bridgehead atoms. The smallest absolute Gasteiger partial charge is 0.00696 e. The standard InChI is InChI=1S/C21H41N/c1-3-4-5-6-7-8-9-10-11-12-13-14-15-18-21-19-16-17-20(2)22-21/h12-13,20-22H,3-11,14-19H2,1-2H3/b13-12-/t20-,21-/m0/s1. The second-order valence-electron chi connectivity index (χ2n) is 7.36. The summed E-state index contributed by atoms with van der Waals surface area (Å²) in [4.78, 5) is 0. The predicted octanol–water partition coefficient (Wildman–Crippen LogP) is 6.77. The van der Waals surface area contributed by atoms with Gasteiger partial charge in [-0.15, -0.1) is 0 Å². The second kappa shape index (κ2) is 14.3. The molecule has 1 aliphatic heterocycles. The van der Waals surface area contributed by atoms with E-state index in [4.69, 9.17) is 0 Å². The summed E-state index contributed by atoms with van der Waals surface area (Å²) in [5.41, 5.74) is 0. The monoisotopic (exact) mass is 307 g/mol. The van der Waals surface area contributed by atoms with E-state index in [1.165, 1.54) is 96.3 Å². The van der Waals surface area contributed by atoms with Gasteiger partial charge in [-0.25, -0.2) is 0 Å². The molecule has 2 atom stereocenters. The highest BCUT2D eigenvalue weighted by atomic mass is 15.0. The number of rotatable bonds is 13. The van der Waals surface area contributed by atoms with E-state index in [2.05, 4.69) is 31.3 Å². The summed E-state index contributed by atoms with van der Waals surface area (Å²) in [5.74, 6) is 0. The van der Waals surface area contributed by atoms with Gasteiger partial charge < -0.3 is 5.32 Å². The van der Waals surface area contributed by atoms with Crippen molar-refractivity contribution in [3.8, 4) is 0 Å². The van der Waals surface area contributed by atoms with Crippen LogP contribution in [0.2, 0.25) is 0 Å². The van der Waals surface area contributed by atoms with Crippen LogP contribution >= 0.6 is 0 Å². The Kier molecular flexibility index (Phi) is 12.8. The molecule has 0 aliphatic carbocycles. The van der Waals surface area contributed by atoms with Crippen LogP contribution in [0.5, 0.6) is 0 Å². The summed E-state index contributed by atoms with van der Waals surface area (Å²) in [6.07, 6.45) is 25.8. The fraction of sp³-hybridized carbons (Fsp3) is 0.905. The Labute approximate surface area is 140 Å². The molecule has 1 nitrogen and oxygen atoms in total. The van der Waals surface area contributed by atoms with E-state index >= 15 is 0 Å². The van der Waals surface area contributed by atoms with Crippen LogP contribution in [0.3, 0.4) is 0 Å². The minimum Gasteiger partial charge on any atom is -0.312 e. The van der Waals surface area contributed by atoms with Crippen molar-refractivity contribution in [3.05, 3.63) is 12.2 Å². The van der Waals surface area contributed by atoms with Crippen LogP contribution in [0.4, 0.5) is 0 Å². The number of hydrogen-bond donors (Lipinski definition) is 1. The molecule has 0 saturated carbocycles. The third kappa shape index (κ3) is 11.3. The molecule has 1 fully saturated rings. The molecule has 130 valence electrons. The van der Waals surface area contributed by atoms with Gasteiger partial charge in [0.05, 0.1) is 0 Å². The van der Waals surface area contributed by atoms with E-state index in [9.17, 15) is 0 Å². The largest absolute Gasteiger partial charge is 0.312 e. The first-order chi connectivity index (χ1) is 10.8. The Bertz CT molecular complexity index is 259. The molecule has 0 aromatic rings. The van der Waals surface area contributed by atoms with Crippen LogP contribution < -0.4 is 5.32 Å². The van der Waals surface area contributed by atoms with Crippen molar-refractivity contribution in [3.63, 3.8) is 0 Å². The molecule has 22 heavy (non-hydrogen) atoms. The van der Waals surface area contributed by atoms with Crippen LogP contribution in [0, 0.1) is 0 Å². The van der Waals surface area contributed by atoms with Crippen molar-refractivity contribution < 1.29 is 0 Å². The normalized spacial score (nSPS) is 22.5. The minimum atomic E-state index is 0.747. The van der Waals surface area contributed by atoms with Crippen molar-refractivity contribution in [2.45, 2.75) is 122 Å². The van der Waals surface area contributed by atoms with Gasteiger partial charge in [0.2, 0.25) is 0 Å². The molecule has 1 saturated heterocycles. The molecule has 0 amide bonds. The highest BCUT2D eigenvalue weighted by molar-refractivity contribution is 4.83. The quantitative estimate of drug-likeness (QED) is 0.292. The van der Waals surface area contributed by atoms with Crippen LogP contribution in [0.1, 0.15) is 110 Å². The van der Waals surface area contributed by atoms with Gasteiger partial charge in [-0.3, -0.25) is 0 Å².